The Balaban J connectivity index is 1.70. The molecule has 0 bridgehead atoms. The lowest BCUT2D eigenvalue weighted by Crippen LogP contribution is -2.03. The zero-order valence-corrected chi connectivity index (χ0v) is 15.7. The molecule has 0 atom stereocenters. The number of hydrogen-bond acceptors (Lipinski definition) is 9. The van der Waals surface area contributed by atoms with Gasteiger partial charge in [-0.3, -0.25) is 0 Å². The number of aromatic nitrogens is 3. The molecule has 4 rings (SSSR count). The minimum atomic E-state index is -0.0723. The molecule has 0 radical (unpaired) electrons. The highest BCUT2D eigenvalue weighted by atomic mass is 16.5. The summed E-state index contributed by atoms with van der Waals surface area (Å²) in [6.07, 6.45) is 0. The second kappa shape index (κ2) is 8.23. The lowest BCUT2D eigenvalue weighted by molar-refractivity contribution is 0.364. The fourth-order valence-corrected chi connectivity index (χ4v) is 2.47. The first-order valence-corrected chi connectivity index (χ1v) is 8.91. The highest BCUT2D eigenvalue weighted by Crippen LogP contribution is 2.31. The molecule has 0 saturated carbocycles. The second-order valence-corrected chi connectivity index (χ2v) is 6.10. The molecule has 0 aliphatic carbocycles. The summed E-state index contributed by atoms with van der Waals surface area (Å²) in [5.74, 6) is 1.12. The molecule has 30 heavy (non-hydrogen) atoms. The molecule has 0 amide bonds. The summed E-state index contributed by atoms with van der Waals surface area (Å²) in [6, 6.07) is 20.6. The molecule has 0 unspecified atom stereocenters. The first kappa shape index (κ1) is 18.8. The van der Waals surface area contributed by atoms with Crippen LogP contribution in [0, 0.1) is 0 Å². The van der Waals surface area contributed by atoms with E-state index in [1.807, 2.05) is 0 Å². The van der Waals surface area contributed by atoms with Crippen molar-refractivity contribution in [3.63, 3.8) is 0 Å². The first-order chi connectivity index (χ1) is 14.6. The number of benzene rings is 3. The summed E-state index contributed by atoms with van der Waals surface area (Å²) in [5, 5.41) is 0. The smallest absolute Gasteiger partial charge is 0.331 e. The van der Waals surface area contributed by atoms with Gasteiger partial charge in [-0.15, -0.1) is 15.0 Å². The molecule has 1 heterocycles. The zero-order chi connectivity index (χ0) is 20.9. The Kier molecular flexibility index (Phi) is 5.16. The van der Waals surface area contributed by atoms with Crippen LogP contribution in [0.5, 0.6) is 35.3 Å². The van der Waals surface area contributed by atoms with Gasteiger partial charge in [0.15, 0.2) is 17.2 Å². The van der Waals surface area contributed by atoms with Crippen molar-refractivity contribution in [3.05, 3.63) is 72.8 Å². The maximum Gasteiger partial charge on any atom is 0.331 e. The number of nitrogen functional groups attached to an aromatic ring is 3. The maximum absolute atomic E-state index is 5.94. The summed E-state index contributed by atoms with van der Waals surface area (Å²) in [7, 11) is 0. The Hall–Kier alpha value is -4.53. The SMILES string of the molecule is Nc1ccccc1Oc1nc(Oc2ccccc2N)nc(Oc2ccccc2N)n1. The maximum atomic E-state index is 5.94. The van der Waals surface area contributed by atoms with Crippen LogP contribution in [0.15, 0.2) is 72.8 Å². The third-order valence-corrected chi connectivity index (χ3v) is 3.93. The fourth-order valence-electron chi connectivity index (χ4n) is 2.47. The molecule has 0 aliphatic heterocycles. The fraction of sp³-hybridized carbons (Fsp3) is 0. The van der Waals surface area contributed by atoms with Crippen molar-refractivity contribution in [3.8, 4) is 35.3 Å². The van der Waals surface area contributed by atoms with E-state index in [-0.39, 0.29) is 18.0 Å². The van der Waals surface area contributed by atoms with E-state index < -0.39 is 0 Å². The van der Waals surface area contributed by atoms with Gasteiger partial charge in [-0.1, -0.05) is 36.4 Å². The van der Waals surface area contributed by atoms with Gasteiger partial charge in [-0.2, -0.15) is 0 Å². The van der Waals surface area contributed by atoms with Crippen LogP contribution >= 0.6 is 0 Å². The Morgan fingerprint density at radius 2 is 0.700 bits per heavy atom. The highest BCUT2D eigenvalue weighted by molar-refractivity contribution is 5.54. The molecule has 3 aromatic carbocycles. The van der Waals surface area contributed by atoms with Crippen molar-refractivity contribution in [1.29, 1.82) is 0 Å². The lowest BCUT2D eigenvalue weighted by Gasteiger charge is -2.11. The first-order valence-electron chi connectivity index (χ1n) is 8.91. The van der Waals surface area contributed by atoms with E-state index >= 15 is 0 Å². The number of anilines is 3. The summed E-state index contributed by atoms with van der Waals surface area (Å²) < 4.78 is 17.1. The van der Waals surface area contributed by atoms with E-state index in [4.69, 9.17) is 31.4 Å². The largest absolute Gasteiger partial charge is 0.422 e. The molecule has 9 nitrogen and oxygen atoms in total. The summed E-state index contributed by atoms with van der Waals surface area (Å²) in [4.78, 5) is 12.5. The number of nitrogens with zero attached hydrogens (tertiary/aromatic N) is 3. The molecular formula is C21H18N6O3. The van der Waals surface area contributed by atoms with Crippen LogP contribution in [0.3, 0.4) is 0 Å². The van der Waals surface area contributed by atoms with Crippen molar-refractivity contribution in [2.75, 3.05) is 17.2 Å². The normalized spacial score (nSPS) is 10.4. The molecule has 9 heteroatoms. The van der Waals surface area contributed by atoms with Gasteiger partial charge in [0, 0.05) is 0 Å². The highest BCUT2D eigenvalue weighted by Gasteiger charge is 2.15. The van der Waals surface area contributed by atoms with Crippen molar-refractivity contribution < 1.29 is 14.2 Å². The van der Waals surface area contributed by atoms with E-state index in [9.17, 15) is 0 Å². The van der Waals surface area contributed by atoms with Gasteiger partial charge in [0.2, 0.25) is 0 Å². The average Bonchev–Trinajstić information content (AvgIpc) is 2.73. The number of ether oxygens (including phenoxy) is 3. The van der Waals surface area contributed by atoms with Gasteiger partial charge in [0.1, 0.15) is 0 Å². The Morgan fingerprint density at radius 3 is 0.967 bits per heavy atom. The Morgan fingerprint density at radius 1 is 0.433 bits per heavy atom. The molecule has 0 saturated heterocycles. The zero-order valence-electron chi connectivity index (χ0n) is 15.7. The Bertz CT molecular complexity index is 1030. The quantitative estimate of drug-likeness (QED) is 0.407. The van der Waals surface area contributed by atoms with Crippen molar-refractivity contribution >= 4 is 17.1 Å². The van der Waals surface area contributed by atoms with Crippen LogP contribution in [0.2, 0.25) is 0 Å². The van der Waals surface area contributed by atoms with Crippen LogP contribution in [0.4, 0.5) is 17.1 Å². The van der Waals surface area contributed by atoms with Gasteiger partial charge >= 0.3 is 18.0 Å². The van der Waals surface area contributed by atoms with E-state index in [0.29, 0.717) is 34.3 Å². The second-order valence-electron chi connectivity index (χ2n) is 6.10. The third-order valence-electron chi connectivity index (χ3n) is 3.93. The van der Waals surface area contributed by atoms with Crippen LogP contribution in [0.1, 0.15) is 0 Å². The molecule has 4 aromatic rings. The molecular weight excluding hydrogens is 384 g/mol. The summed E-state index contributed by atoms with van der Waals surface area (Å²) in [6.45, 7) is 0. The van der Waals surface area contributed by atoms with E-state index in [2.05, 4.69) is 15.0 Å². The van der Waals surface area contributed by atoms with E-state index in [1.165, 1.54) is 0 Å². The number of para-hydroxylation sites is 6. The third kappa shape index (κ3) is 4.30. The lowest BCUT2D eigenvalue weighted by atomic mass is 10.3. The standard InChI is InChI=1S/C21H18N6O3/c22-13-7-1-4-10-16(13)28-19-25-20(29-17-11-5-2-8-14(17)23)27-21(26-19)30-18-12-6-3-9-15(18)24/h1-12H,22-24H2. The van der Waals surface area contributed by atoms with Crippen molar-refractivity contribution in [1.82, 2.24) is 15.0 Å². The van der Waals surface area contributed by atoms with Crippen LogP contribution in [0.25, 0.3) is 0 Å². The van der Waals surface area contributed by atoms with Gasteiger partial charge in [-0.25, -0.2) is 0 Å². The minimum Gasteiger partial charge on any atom is -0.422 e. The average molecular weight is 402 g/mol. The molecule has 0 aliphatic rings. The molecule has 1 aromatic heterocycles. The molecule has 150 valence electrons. The van der Waals surface area contributed by atoms with Crippen molar-refractivity contribution in [2.45, 2.75) is 0 Å². The van der Waals surface area contributed by atoms with Gasteiger partial charge < -0.3 is 31.4 Å². The topological polar surface area (TPSA) is 144 Å². The molecule has 0 spiro atoms. The summed E-state index contributed by atoms with van der Waals surface area (Å²) in [5.41, 5.74) is 19.1. The number of rotatable bonds is 6. The van der Waals surface area contributed by atoms with Gasteiger partial charge in [-0.05, 0) is 36.4 Å². The predicted molar refractivity (Wildman–Crippen MR) is 113 cm³/mol. The van der Waals surface area contributed by atoms with Gasteiger partial charge in [0.25, 0.3) is 0 Å². The van der Waals surface area contributed by atoms with E-state index in [0.717, 1.165) is 0 Å². The number of nitrogens with two attached hydrogens (primary N) is 3. The monoisotopic (exact) mass is 402 g/mol. The minimum absolute atomic E-state index is 0.0723. The molecule has 6 N–H and O–H groups in total. The Labute approximate surface area is 172 Å². The van der Waals surface area contributed by atoms with Crippen LogP contribution in [-0.4, -0.2) is 15.0 Å². The number of hydrogen-bond donors (Lipinski definition) is 3. The predicted octanol–water partition coefficient (Wildman–Crippen LogP) is 4.00. The summed E-state index contributed by atoms with van der Waals surface area (Å²) >= 11 is 0. The van der Waals surface area contributed by atoms with Crippen LogP contribution in [-0.2, 0) is 0 Å². The van der Waals surface area contributed by atoms with E-state index in [1.54, 1.807) is 72.8 Å². The van der Waals surface area contributed by atoms with Crippen molar-refractivity contribution in [2.24, 2.45) is 0 Å². The van der Waals surface area contributed by atoms with Gasteiger partial charge in [0.05, 0.1) is 17.1 Å². The molecule has 0 fully saturated rings. The van der Waals surface area contributed by atoms with Crippen LogP contribution < -0.4 is 31.4 Å².